The zero-order chi connectivity index (χ0) is 10.1. The van der Waals surface area contributed by atoms with Crippen LogP contribution >= 0.6 is 0 Å². The molecule has 0 aliphatic rings. The number of rotatable bonds is 1. The minimum atomic E-state index is -4.55. The molecule has 0 saturated carbocycles. The predicted molar refractivity (Wildman–Crippen MR) is 39.4 cm³/mol. The lowest BCUT2D eigenvalue weighted by molar-refractivity contribution is -0.137. The molecule has 1 rings (SSSR count). The first-order chi connectivity index (χ1) is 5.93. The van der Waals surface area contributed by atoms with Gasteiger partial charge in [-0.05, 0) is 18.2 Å². The van der Waals surface area contributed by atoms with Gasteiger partial charge in [-0.2, -0.15) is 13.2 Å². The molecule has 1 nitrogen and oxygen atoms in total. The van der Waals surface area contributed by atoms with E-state index in [2.05, 4.69) is 0 Å². The zero-order valence-electron chi connectivity index (χ0n) is 6.45. The molecule has 0 fully saturated rings. The maximum absolute atomic E-state index is 12.6. The van der Waals surface area contributed by atoms with Crippen molar-refractivity contribution in [1.29, 1.82) is 0 Å². The highest BCUT2D eigenvalue weighted by Gasteiger charge is 2.30. The summed E-state index contributed by atoms with van der Waals surface area (Å²) in [5.41, 5.74) is 5.78. The van der Waals surface area contributed by atoms with E-state index in [9.17, 15) is 17.6 Å². The van der Waals surface area contributed by atoms with Gasteiger partial charge in [-0.1, -0.05) is 5.56 Å². The van der Waals surface area contributed by atoms with E-state index in [1.807, 2.05) is 0 Å². The SMILES string of the molecule is [NH-]Cc1cc(F)cc(C(F)(F)F)c1. The van der Waals surface area contributed by atoms with E-state index in [1.54, 1.807) is 0 Å². The van der Waals surface area contributed by atoms with Gasteiger partial charge >= 0.3 is 6.18 Å². The molecule has 72 valence electrons. The Morgan fingerprint density at radius 1 is 1.15 bits per heavy atom. The normalized spacial score (nSPS) is 11.8. The van der Waals surface area contributed by atoms with Crippen LogP contribution in [0.1, 0.15) is 11.1 Å². The van der Waals surface area contributed by atoms with Crippen molar-refractivity contribution in [1.82, 2.24) is 0 Å². The van der Waals surface area contributed by atoms with Crippen LogP contribution < -0.4 is 0 Å². The van der Waals surface area contributed by atoms with Crippen LogP contribution in [-0.4, -0.2) is 0 Å². The van der Waals surface area contributed by atoms with Gasteiger partial charge < -0.3 is 5.73 Å². The van der Waals surface area contributed by atoms with Crippen molar-refractivity contribution in [2.24, 2.45) is 0 Å². The molecule has 0 aliphatic carbocycles. The van der Waals surface area contributed by atoms with Crippen molar-refractivity contribution in [3.8, 4) is 0 Å². The van der Waals surface area contributed by atoms with Gasteiger partial charge in [0.05, 0.1) is 5.56 Å². The van der Waals surface area contributed by atoms with E-state index in [0.29, 0.717) is 6.07 Å². The Labute approximate surface area is 72.2 Å². The third kappa shape index (κ3) is 2.42. The summed E-state index contributed by atoms with van der Waals surface area (Å²) in [7, 11) is 0. The van der Waals surface area contributed by atoms with Crippen molar-refractivity contribution >= 4 is 0 Å². The van der Waals surface area contributed by atoms with E-state index in [-0.39, 0.29) is 12.1 Å². The Morgan fingerprint density at radius 3 is 2.23 bits per heavy atom. The first-order valence-electron chi connectivity index (χ1n) is 3.45. The molecular formula is C8H6F4N-. The fraction of sp³-hybridized carbons (Fsp3) is 0.250. The average Bonchev–Trinajstić information content (AvgIpc) is 2.01. The number of hydrogen-bond donors (Lipinski definition) is 0. The Kier molecular flexibility index (Phi) is 2.56. The van der Waals surface area contributed by atoms with Crippen LogP contribution in [0.5, 0.6) is 0 Å². The molecule has 0 amide bonds. The molecule has 1 aromatic carbocycles. The van der Waals surface area contributed by atoms with Gasteiger partial charge in [0.2, 0.25) is 0 Å². The van der Waals surface area contributed by atoms with Crippen molar-refractivity contribution in [2.75, 3.05) is 0 Å². The van der Waals surface area contributed by atoms with Crippen LogP contribution in [0.4, 0.5) is 17.6 Å². The van der Waals surface area contributed by atoms with Crippen LogP contribution in [0, 0.1) is 5.82 Å². The lowest BCUT2D eigenvalue weighted by atomic mass is 10.1. The summed E-state index contributed by atoms with van der Waals surface area (Å²) < 4.78 is 48.7. The second kappa shape index (κ2) is 3.33. The summed E-state index contributed by atoms with van der Waals surface area (Å²) in [6.45, 7) is -0.360. The number of hydrogen-bond acceptors (Lipinski definition) is 0. The van der Waals surface area contributed by atoms with Gasteiger partial charge in [0.25, 0.3) is 0 Å². The summed E-state index contributed by atoms with van der Waals surface area (Å²) >= 11 is 0. The third-order valence-electron chi connectivity index (χ3n) is 1.49. The van der Waals surface area contributed by atoms with E-state index < -0.39 is 17.6 Å². The Balaban J connectivity index is 3.16. The first-order valence-corrected chi connectivity index (χ1v) is 3.45. The van der Waals surface area contributed by atoms with Crippen molar-refractivity contribution < 1.29 is 17.6 Å². The van der Waals surface area contributed by atoms with Crippen molar-refractivity contribution in [2.45, 2.75) is 12.7 Å². The van der Waals surface area contributed by atoms with E-state index >= 15 is 0 Å². The number of benzene rings is 1. The quantitative estimate of drug-likeness (QED) is 0.609. The minimum absolute atomic E-state index is 0.0207. The van der Waals surface area contributed by atoms with E-state index in [0.717, 1.165) is 12.1 Å². The highest BCUT2D eigenvalue weighted by Crippen LogP contribution is 2.30. The second-order valence-corrected chi connectivity index (χ2v) is 2.52. The smallest absolute Gasteiger partial charge is 0.416 e. The third-order valence-corrected chi connectivity index (χ3v) is 1.49. The van der Waals surface area contributed by atoms with Crippen molar-refractivity contribution in [3.63, 3.8) is 0 Å². The highest BCUT2D eigenvalue weighted by atomic mass is 19.4. The molecule has 0 bridgehead atoms. The summed E-state index contributed by atoms with van der Waals surface area (Å²) in [4.78, 5) is 0. The van der Waals surface area contributed by atoms with Gasteiger partial charge in [0.1, 0.15) is 5.82 Å². The van der Waals surface area contributed by atoms with E-state index in [1.165, 1.54) is 0 Å². The summed E-state index contributed by atoms with van der Waals surface area (Å²) in [5, 5.41) is 0. The van der Waals surface area contributed by atoms with Crippen LogP contribution in [0.15, 0.2) is 18.2 Å². The number of nitrogens with one attached hydrogen (secondary N) is 1. The second-order valence-electron chi connectivity index (χ2n) is 2.52. The largest absolute Gasteiger partial charge is 0.674 e. The predicted octanol–water partition coefficient (Wildman–Crippen LogP) is 3.40. The molecule has 0 atom stereocenters. The van der Waals surface area contributed by atoms with Gasteiger partial charge in [-0.3, -0.25) is 0 Å². The van der Waals surface area contributed by atoms with Gasteiger partial charge in [-0.25, -0.2) is 4.39 Å². The Bertz CT molecular complexity index is 306. The molecular weight excluding hydrogens is 186 g/mol. The molecule has 0 spiro atoms. The molecule has 1 aromatic rings. The lowest BCUT2D eigenvalue weighted by Gasteiger charge is -2.09. The molecule has 0 saturated heterocycles. The van der Waals surface area contributed by atoms with Crippen LogP contribution in [-0.2, 0) is 12.7 Å². The molecule has 0 aliphatic heterocycles. The van der Waals surface area contributed by atoms with Gasteiger partial charge in [-0.15, -0.1) is 6.54 Å². The summed E-state index contributed by atoms with van der Waals surface area (Å²) in [6, 6.07) is 2.11. The fourth-order valence-electron chi connectivity index (χ4n) is 0.916. The molecule has 0 heterocycles. The average molecular weight is 192 g/mol. The van der Waals surface area contributed by atoms with Crippen LogP contribution in [0.3, 0.4) is 0 Å². The summed E-state index contributed by atoms with van der Waals surface area (Å²) in [6.07, 6.45) is -4.55. The number of halogens is 4. The van der Waals surface area contributed by atoms with Gasteiger partial charge in [0, 0.05) is 0 Å². The maximum atomic E-state index is 12.6. The molecule has 5 heteroatoms. The lowest BCUT2D eigenvalue weighted by Crippen LogP contribution is -2.06. The first kappa shape index (κ1) is 9.98. The molecule has 1 N–H and O–H groups in total. The molecule has 0 radical (unpaired) electrons. The molecule has 0 unspecified atom stereocenters. The summed E-state index contributed by atoms with van der Waals surface area (Å²) in [5.74, 6) is -0.961. The maximum Gasteiger partial charge on any atom is 0.416 e. The minimum Gasteiger partial charge on any atom is -0.674 e. The van der Waals surface area contributed by atoms with E-state index in [4.69, 9.17) is 5.73 Å². The fourth-order valence-corrected chi connectivity index (χ4v) is 0.916. The molecule has 0 aromatic heterocycles. The topological polar surface area (TPSA) is 23.8 Å². The van der Waals surface area contributed by atoms with Crippen molar-refractivity contribution in [3.05, 3.63) is 40.9 Å². The Morgan fingerprint density at radius 2 is 1.77 bits per heavy atom. The molecule has 13 heavy (non-hydrogen) atoms. The zero-order valence-corrected chi connectivity index (χ0v) is 6.45. The highest BCUT2D eigenvalue weighted by molar-refractivity contribution is 5.27. The van der Waals surface area contributed by atoms with Crippen LogP contribution in [0.2, 0.25) is 0 Å². The number of alkyl halides is 3. The Hall–Kier alpha value is -1.10. The van der Waals surface area contributed by atoms with Crippen LogP contribution in [0.25, 0.3) is 5.73 Å². The van der Waals surface area contributed by atoms with Gasteiger partial charge in [0.15, 0.2) is 0 Å². The standard InChI is InChI=1S/C8H6F4N/c9-7-2-5(4-13)1-6(3-7)8(10,11)12/h1-3,13H,4H2/q-1. The monoisotopic (exact) mass is 192 g/mol.